The molecule has 2 amide bonds. The van der Waals surface area contributed by atoms with Gasteiger partial charge in [-0.05, 0) is 47.2 Å². The molecule has 2 N–H and O–H groups in total. The molecule has 1 aliphatic rings. The van der Waals surface area contributed by atoms with Crippen LogP contribution in [0.15, 0.2) is 96.7 Å². The first-order valence-electron chi connectivity index (χ1n) is 11.0. The summed E-state index contributed by atoms with van der Waals surface area (Å²) in [6, 6.07) is 23.8. The summed E-state index contributed by atoms with van der Waals surface area (Å²) in [6.07, 6.45) is 1.58. The van der Waals surface area contributed by atoms with E-state index < -0.39 is 17.7 Å². The molecular weight excluding hydrogens is 442 g/mol. The Bertz CT molecular complexity index is 1490. The molecule has 1 fully saturated rings. The number of carbonyl (C=O) groups excluding carboxylic acids is 3. The SMILES string of the molecule is CC(=O)Nc1ccc(N2C(=O)C(=O)/C(=C(\O)c3cccc4ccccc34)C2c2ccccn2)cc1. The van der Waals surface area contributed by atoms with Gasteiger partial charge in [0, 0.05) is 30.1 Å². The fraction of sp³-hybridized carbons (Fsp3) is 0.0714. The van der Waals surface area contributed by atoms with E-state index in [4.69, 9.17) is 0 Å². The molecule has 0 bridgehead atoms. The monoisotopic (exact) mass is 463 g/mol. The van der Waals surface area contributed by atoms with Crippen LogP contribution in [0.3, 0.4) is 0 Å². The molecule has 1 aliphatic heterocycles. The lowest BCUT2D eigenvalue weighted by Crippen LogP contribution is -2.29. The number of rotatable bonds is 4. The summed E-state index contributed by atoms with van der Waals surface area (Å²) >= 11 is 0. The number of amides is 2. The van der Waals surface area contributed by atoms with Gasteiger partial charge in [-0.25, -0.2) is 0 Å². The van der Waals surface area contributed by atoms with Crippen molar-refractivity contribution in [2.75, 3.05) is 10.2 Å². The smallest absolute Gasteiger partial charge is 0.300 e. The van der Waals surface area contributed by atoms with Crippen LogP contribution in [0, 0.1) is 0 Å². The van der Waals surface area contributed by atoms with Crippen molar-refractivity contribution in [3.05, 3.63) is 108 Å². The number of ketones is 1. The summed E-state index contributed by atoms with van der Waals surface area (Å²) in [5, 5.41) is 15.8. The lowest BCUT2D eigenvalue weighted by molar-refractivity contribution is -0.132. The molecule has 3 aromatic carbocycles. The van der Waals surface area contributed by atoms with E-state index in [0.29, 0.717) is 22.6 Å². The molecule has 7 heteroatoms. The summed E-state index contributed by atoms with van der Waals surface area (Å²) in [5.74, 6) is -2.04. The van der Waals surface area contributed by atoms with E-state index in [-0.39, 0.29) is 17.2 Å². The van der Waals surface area contributed by atoms with Crippen molar-refractivity contribution in [1.29, 1.82) is 0 Å². The molecule has 35 heavy (non-hydrogen) atoms. The molecule has 0 saturated carbocycles. The number of anilines is 2. The first-order chi connectivity index (χ1) is 17.0. The van der Waals surface area contributed by atoms with E-state index in [0.717, 1.165) is 10.8 Å². The van der Waals surface area contributed by atoms with Gasteiger partial charge in [0.05, 0.1) is 11.3 Å². The normalized spacial score (nSPS) is 17.1. The van der Waals surface area contributed by atoms with Crippen LogP contribution in [0.4, 0.5) is 11.4 Å². The average Bonchev–Trinajstić information content (AvgIpc) is 3.14. The van der Waals surface area contributed by atoms with Crippen LogP contribution < -0.4 is 10.2 Å². The number of Topliss-reactive ketones (excluding diaryl/α,β-unsaturated/α-hetero) is 1. The van der Waals surface area contributed by atoms with Crippen LogP contribution in [0.25, 0.3) is 16.5 Å². The first-order valence-corrected chi connectivity index (χ1v) is 11.0. The van der Waals surface area contributed by atoms with E-state index >= 15 is 0 Å². The molecule has 1 aromatic heterocycles. The van der Waals surface area contributed by atoms with Gasteiger partial charge >= 0.3 is 0 Å². The third-order valence-electron chi connectivity index (χ3n) is 5.92. The zero-order valence-electron chi connectivity index (χ0n) is 18.8. The van der Waals surface area contributed by atoms with Gasteiger partial charge < -0.3 is 10.4 Å². The highest BCUT2D eigenvalue weighted by molar-refractivity contribution is 6.51. The van der Waals surface area contributed by atoms with E-state index in [9.17, 15) is 19.5 Å². The minimum Gasteiger partial charge on any atom is -0.507 e. The van der Waals surface area contributed by atoms with E-state index in [1.165, 1.54) is 11.8 Å². The summed E-state index contributed by atoms with van der Waals surface area (Å²) in [4.78, 5) is 43.7. The van der Waals surface area contributed by atoms with E-state index in [2.05, 4.69) is 10.3 Å². The second-order valence-electron chi connectivity index (χ2n) is 8.18. The van der Waals surface area contributed by atoms with Crippen molar-refractivity contribution in [3.63, 3.8) is 0 Å². The fourth-order valence-corrected chi connectivity index (χ4v) is 4.40. The van der Waals surface area contributed by atoms with Crippen molar-refractivity contribution in [2.24, 2.45) is 0 Å². The van der Waals surface area contributed by atoms with Crippen molar-refractivity contribution in [3.8, 4) is 0 Å². The van der Waals surface area contributed by atoms with Crippen LogP contribution in [-0.2, 0) is 14.4 Å². The molecule has 7 nitrogen and oxygen atoms in total. The maximum Gasteiger partial charge on any atom is 0.300 e. The Hall–Kier alpha value is -4.78. The minimum absolute atomic E-state index is 0.0315. The van der Waals surface area contributed by atoms with Crippen molar-refractivity contribution in [2.45, 2.75) is 13.0 Å². The molecule has 5 rings (SSSR count). The molecule has 4 aromatic rings. The number of fused-ring (bicyclic) bond motifs is 1. The van der Waals surface area contributed by atoms with Crippen LogP contribution in [0.1, 0.15) is 24.2 Å². The third-order valence-corrected chi connectivity index (χ3v) is 5.92. The maximum atomic E-state index is 13.3. The van der Waals surface area contributed by atoms with Gasteiger partial charge in [-0.1, -0.05) is 48.5 Å². The zero-order chi connectivity index (χ0) is 24.5. The fourth-order valence-electron chi connectivity index (χ4n) is 4.40. The predicted octanol–water partition coefficient (Wildman–Crippen LogP) is 4.82. The van der Waals surface area contributed by atoms with Crippen LogP contribution in [0.5, 0.6) is 0 Å². The Kier molecular flexibility index (Phi) is 5.58. The lowest BCUT2D eigenvalue weighted by Gasteiger charge is -2.25. The predicted molar refractivity (Wildman–Crippen MR) is 134 cm³/mol. The molecule has 0 radical (unpaired) electrons. The summed E-state index contributed by atoms with van der Waals surface area (Å²) in [5.41, 5.74) is 1.87. The van der Waals surface area contributed by atoms with Gasteiger partial charge in [0.15, 0.2) is 0 Å². The number of hydrogen-bond donors (Lipinski definition) is 2. The Balaban J connectivity index is 1.70. The number of aliphatic hydroxyl groups is 1. The minimum atomic E-state index is -0.929. The highest BCUT2D eigenvalue weighted by atomic mass is 16.3. The number of carbonyl (C=O) groups is 3. The summed E-state index contributed by atoms with van der Waals surface area (Å²) in [7, 11) is 0. The van der Waals surface area contributed by atoms with Crippen LogP contribution in [0.2, 0.25) is 0 Å². The standard InChI is InChI=1S/C28H21N3O4/c1-17(32)30-19-12-14-20(15-13-19)31-25(23-11-4-5-16-29-23)24(27(34)28(31)35)26(33)22-10-6-8-18-7-2-3-9-21(18)22/h2-16,25,33H,1H3,(H,30,32)/b26-24-. The van der Waals surface area contributed by atoms with Gasteiger partial charge in [0.25, 0.3) is 11.7 Å². The number of benzene rings is 3. The zero-order valence-corrected chi connectivity index (χ0v) is 18.8. The topological polar surface area (TPSA) is 99.6 Å². The first kappa shape index (κ1) is 22.0. The van der Waals surface area contributed by atoms with Gasteiger partial charge in [-0.3, -0.25) is 24.3 Å². The summed E-state index contributed by atoms with van der Waals surface area (Å²) < 4.78 is 0. The second-order valence-corrected chi connectivity index (χ2v) is 8.18. The molecule has 2 heterocycles. The number of aromatic nitrogens is 1. The number of nitrogens with zero attached hydrogens (tertiary/aromatic N) is 2. The van der Waals surface area contributed by atoms with Gasteiger partial charge in [0.1, 0.15) is 11.8 Å². The molecule has 172 valence electrons. The molecule has 0 spiro atoms. The number of aliphatic hydroxyl groups excluding tert-OH is 1. The maximum absolute atomic E-state index is 13.3. The number of nitrogens with one attached hydrogen (secondary N) is 1. The summed E-state index contributed by atoms with van der Waals surface area (Å²) in [6.45, 7) is 1.40. The third kappa shape index (κ3) is 3.93. The highest BCUT2D eigenvalue weighted by Crippen LogP contribution is 2.42. The Morgan fingerprint density at radius 1 is 0.914 bits per heavy atom. The average molecular weight is 463 g/mol. The van der Waals surface area contributed by atoms with E-state index in [1.54, 1.807) is 60.8 Å². The molecular formula is C28H21N3O4. The van der Waals surface area contributed by atoms with Crippen molar-refractivity contribution in [1.82, 2.24) is 4.98 Å². The molecule has 1 atom stereocenters. The lowest BCUT2D eigenvalue weighted by atomic mass is 9.95. The number of pyridine rings is 1. The Morgan fingerprint density at radius 3 is 2.34 bits per heavy atom. The molecule has 0 aliphatic carbocycles. The van der Waals surface area contributed by atoms with Gasteiger partial charge in [0.2, 0.25) is 5.91 Å². The Morgan fingerprint density at radius 2 is 1.63 bits per heavy atom. The van der Waals surface area contributed by atoms with Crippen LogP contribution >= 0.6 is 0 Å². The van der Waals surface area contributed by atoms with Gasteiger partial charge in [-0.2, -0.15) is 0 Å². The second kappa shape index (κ2) is 8.87. The largest absolute Gasteiger partial charge is 0.507 e. The van der Waals surface area contributed by atoms with Crippen molar-refractivity contribution >= 4 is 45.5 Å². The number of hydrogen-bond acceptors (Lipinski definition) is 5. The van der Waals surface area contributed by atoms with Gasteiger partial charge in [-0.15, -0.1) is 0 Å². The van der Waals surface area contributed by atoms with Crippen LogP contribution in [-0.4, -0.2) is 27.7 Å². The molecule has 1 unspecified atom stereocenters. The highest BCUT2D eigenvalue weighted by Gasteiger charge is 2.47. The van der Waals surface area contributed by atoms with E-state index in [1.807, 2.05) is 30.3 Å². The molecule has 1 saturated heterocycles. The van der Waals surface area contributed by atoms with Crippen molar-refractivity contribution < 1.29 is 19.5 Å². The Labute approximate surface area is 201 Å². The quantitative estimate of drug-likeness (QED) is 0.257.